The highest BCUT2D eigenvalue weighted by Crippen LogP contribution is 2.26. The van der Waals surface area contributed by atoms with Crippen LogP contribution in [0, 0.1) is 6.92 Å². The molecule has 102 valence electrons. The zero-order valence-corrected chi connectivity index (χ0v) is 12.0. The first-order valence-corrected chi connectivity index (χ1v) is 7.14. The van der Waals surface area contributed by atoms with Gasteiger partial charge in [0.25, 0.3) is 5.89 Å². The number of aromatic nitrogens is 3. The molecule has 0 aliphatic heterocycles. The topological polar surface area (TPSA) is 77.8 Å². The molecule has 5 nitrogen and oxygen atoms in total. The summed E-state index contributed by atoms with van der Waals surface area (Å²) in [5, 5.41) is 6.76. The van der Waals surface area contributed by atoms with Crippen LogP contribution in [0.1, 0.15) is 23.5 Å². The summed E-state index contributed by atoms with van der Waals surface area (Å²) in [6.07, 6.45) is 0. The Balaban J connectivity index is 1.96. The average molecular weight is 286 g/mol. The van der Waals surface area contributed by atoms with Crippen LogP contribution in [0.5, 0.6) is 0 Å². The standard InChI is InChI=1S/C14H14N4OS/c1-8-5-3-4-6-10(8)12-17-13(19-18-12)11-7-20-14(16-11)9(2)15/h3-7,9H,15H2,1-2H3. The van der Waals surface area contributed by atoms with E-state index < -0.39 is 0 Å². The van der Waals surface area contributed by atoms with E-state index in [0.29, 0.717) is 17.4 Å². The summed E-state index contributed by atoms with van der Waals surface area (Å²) in [5.41, 5.74) is 8.55. The predicted molar refractivity (Wildman–Crippen MR) is 78.2 cm³/mol. The Kier molecular flexibility index (Phi) is 3.33. The van der Waals surface area contributed by atoms with Crippen LogP contribution in [0.2, 0.25) is 0 Å². The molecule has 0 saturated heterocycles. The Hall–Kier alpha value is -2.05. The van der Waals surface area contributed by atoms with Gasteiger partial charge in [0, 0.05) is 10.9 Å². The highest BCUT2D eigenvalue weighted by molar-refractivity contribution is 7.10. The maximum atomic E-state index is 5.80. The lowest BCUT2D eigenvalue weighted by Crippen LogP contribution is -2.03. The lowest BCUT2D eigenvalue weighted by molar-refractivity contribution is 0.431. The van der Waals surface area contributed by atoms with Gasteiger partial charge >= 0.3 is 0 Å². The first kappa shape index (κ1) is 13.0. The van der Waals surface area contributed by atoms with Crippen molar-refractivity contribution in [2.24, 2.45) is 5.73 Å². The number of nitrogens with two attached hydrogens (primary N) is 1. The van der Waals surface area contributed by atoms with Gasteiger partial charge in [0.05, 0.1) is 6.04 Å². The minimum absolute atomic E-state index is 0.0903. The highest BCUT2D eigenvalue weighted by Gasteiger charge is 2.15. The third kappa shape index (κ3) is 2.35. The molecule has 0 fully saturated rings. The van der Waals surface area contributed by atoms with E-state index >= 15 is 0 Å². The van der Waals surface area contributed by atoms with Gasteiger partial charge in [-0.05, 0) is 19.4 Å². The Morgan fingerprint density at radius 1 is 1.25 bits per heavy atom. The number of hydrogen-bond donors (Lipinski definition) is 1. The Morgan fingerprint density at radius 3 is 2.75 bits per heavy atom. The van der Waals surface area contributed by atoms with Crippen molar-refractivity contribution in [3.05, 3.63) is 40.2 Å². The van der Waals surface area contributed by atoms with Crippen LogP contribution in [-0.4, -0.2) is 15.1 Å². The summed E-state index contributed by atoms with van der Waals surface area (Å²) in [7, 11) is 0. The third-order valence-electron chi connectivity index (χ3n) is 2.94. The molecule has 0 spiro atoms. The second-order valence-corrected chi connectivity index (χ2v) is 5.49. The zero-order valence-electron chi connectivity index (χ0n) is 11.2. The molecule has 6 heteroatoms. The van der Waals surface area contributed by atoms with Crippen molar-refractivity contribution in [3.63, 3.8) is 0 Å². The normalized spacial score (nSPS) is 12.6. The van der Waals surface area contributed by atoms with Crippen LogP contribution >= 0.6 is 11.3 Å². The van der Waals surface area contributed by atoms with Crippen LogP contribution in [0.25, 0.3) is 23.0 Å². The third-order valence-corrected chi connectivity index (χ3v) is 3.99. The maximum Gasteiger partial charge on any atom is 0.277 e. The summed E-state index contributed by atoms with van der Waals surface area (Å²) in [4.78, 5) is 8.82. The number of hydrogen-bond acceptors (Lipinski definition) is 6. The van der Waals surface area contributed by atoms with Crippen molar-refractivity contribution < 1.29 is 4.52 Å². The lowest BCUT2D eigenvalue weighted by atomic mass is 10.1. The molecule has 3 aromatic rings. The largest absolute Gasteiger partial charge is 0.332 e. The molecule has 2 N–H and O–H groups in total. The quantitative estimate of drug-likeness (QED) is 0.800. The first-order valence-electron chi connectivity index (χ1n) is 6.26. The van der Waals surface area contributed by atoms with Gasteiger partial charge in [0.2, 0.25) is 5.82 Å². The van der Waals surface area contributed by atoms with E-state index in [1.807, 2.05) is 43.5 Å². The SMILES string of the molecule is Cc1ccccc1-c1noc(-c2csc(C(C)N)n2)n1. The van der Waals surface area contributed by atoms with Crippen molar-refractivity contribution in [3.8, 4) is 23.0 Å². The van der Waals surface area contributed by atoms with Crippen LogP contribution < -0.4 is 5.73 Å². The van der Waals surface area contributed by atoms with E-state index in [9.17, 15) is 0 Å². The molecule has 1 aromatic carbocycles. The molecule has 0 radical (unpaired) electrons. The van der Waals surface area contributed by atoms with Crippen LogP contribution in [0.3, 0.4) is 0 Å². The van der Waals surface area contributed by atoms with Crippen LogP contribution in [0.15, 0.2) is 34.2 Å². The summed E-state index contributed by atoms with van der Waals surface area (Å²) >= 11 is 1.50. The molecule has 0 amide bonds. The van der Waals surface area contributed by atoms with Crippen LogP contribution in [0.4, 0.5) is 0 Å². The van der Waals surface area contributed by atoms with E-state index in [-0.39, 0.29) is 6.04 Å². The fourth-order valence-electron chi connectivity index (χ4n) is 1.86. The second-order valence-electron chi connectivity index (χ2n) is 4.60. The molecule has 1 unspecified atom stereocenters. The number of thiazole rings is 1. The van der Waals surface area contributed by atoms with E-state index in [2.05, 4.69) is 15.1 Å². The zero-order chi connectivity index (χ0) is 14.1. The lowest BCUT2D eigenvalue weighted by Gasteiger charge is -1.97. The molecule has 20 heavy (non-hydrogen) atoms. The molecule has 3 rings (SSSR count). The summed E-state index contributed by atoms with van der Waals surface area (Å²) in [6, 6.07) is 7.83. The molecule has 2 aromatic heterocycles. The van der Waals surface area contributed by atoms with E-state index in [0.717, 1.165) is 16.1 Å². The minimum Gasteiger partial charge on any atom is -0.332 e. The van der Waals surface area contributed by atoms with Gasteiger partial charge in [-0.2, -0.15) is 4.98 Å². The van der Waals surface area contributed by atoms with Crippen molar-refractivity contribution in [1.29, 1.82) is 0 Å². The molecule has 0 bridgehead atoms. The molecular weight excluding hydrogens is 272 g/mol. The summed E-state index contributed by atoms with van der Waals surface area (Å²) in [6.45, 7) is 3.91. The van der Waals surface area contributed by atoms with Gasteiger partial charge in [0.15, 0.2) is 0 Å². The van der Waals surface area contributed by atoms with Gasteiger partial charge < -0.3 is 10.3 Å². The van der Waals surface area contributed by atoms with Crippen molar-refractivity contribution in [1.82, 2.24) is 15.1 Å². The smallest absolute Gasteiger partial charge is 0.277 e. The van der Waals surface area contributed by atoms with Gasteiger partial charge in [0.1, 0.15) is 10.7 Å². The fourth-order valence-corrected chi connectivity index (χ4v) is 2.61. The number of aryl methyl sites for hydroxylation is 1. The highest BCUT2D eigenvalue weighted by atomic mass is 32.1. The van der Waals surface area contributed by atoms with Gasteiger partial charge in [-0.15, -0.1) is 11.3 Å². The van der Waals surface area contributed by atoms with Gasteiger partial charge in [-0.1, -0.05) is 29.4 Å². The van der Waals surface area contributed by atoms with E-state index in [4.69, 9.17) is 10.3 Å². The predicted octanol–water partition coefficient (Wildman–Crippen LogP) is 3.19. The van der Waals surface area contributed by atoms with Crippen molar-refractivity contribution in [2.45, 2.75) is 19.9 Å². The Labute approximate surface area is 120 Å². The van der Waals surface area contributed by atoms with Crippen molar-refractivity contribution in [2.75, 3.05) is 0 Å². The molecule has 2 heterocycles. The van der Waals surface area contributed by atoms with Gasteiger partial charge in [-0.25, -0.2) is 4.98 Å². The molecular formula is C14H14N4OS. The Morgan fingerprint density at radius 2 is 2.05 bits per heavy atom. The fraction of sp³-hybridized carbons (Fsp3) is 0.214. The van der Waals surface area contributed by atoms with Gasteiger partial charge in [-0.3, -0.25) is 0 Å². The second kappa shape index (κ2) is 5.15. The molecule has 0 aliphatic carbocycles. The summed E-state index contributed by atoms with van der Waals surface area (Å²) in [5.74, 6) is 1.000. The van der Waals surface area contributed by atoms with Crippen LogP contribution in [-0.2, 0) is 0 Å². The minimum atomic E-state index is -0.0903. The molecule has 0 saturated carbocycles. The Bertz CT molecular complexity index is 732. The number of rotatable bonds is 3. The number of benzene rings is 1. The molecule has 0 aliphatic rings. The number of nitrogens with zero attached hydrogens (tertiary/aromatic N) is 3. The average Bonchev–Trinajstić information content (AvgIpc) is 3.08. The van der Waals surface area contributed by atoms with E-state index in [1.54, 1.807) is 0 Å². The first-order chi connectivity index (χ1) is 9.65. The monoisotopic (exact) mass is 286 g/mol. The maximum absolute atomic E-state index is 5.80. The van der Waals surface area contributed by atoms with E-state index in [1.165, 1.54) is 11.3 Å². The van der Waals surface area contributed by atoms with Crippen molar-refractivity contribution >= 4 is 11.3 Å². The summed E-state index contributed by atoms with van der Waals surface area (Å²) < 4.78 is 5.30. The molecule has 1 atom stereocenters.